The summed E-state index contributed by atoms with van der Waals surface area (Å²) in [5.41, 5.74) is 2.27. The summed E-state index contributed by atoms with van der Waals surface area (Å²) >= 11 is 1.63. The van der Waals surface area contributed by atoms with Crippen molar-refractivity contribution in [1.29, 1.82) is 0 Å². The van der Waals surface area contributed by atoms with Crippen molar-refractivity contribution in [1.82, 2.24) is 15.2 Å². The maximum absolute atomic E-state index is 5.77. The van der Waals surface area contributed by atoms with Crippen molar-refractivity contribution in [2.24, 2.45) is 4.99 Å². The summed E-state index contributed by atoms with van der Waals surface area (Å²) in [5, 5.41) is 6.49. The van der Waals surface area contributed by atoms with E-state index in [2.05, 4.69) is 44.6 Å². The largest absolute Gasteiger partial charge is 0.494 e. The first-order valence-corrected chi connectivity index (χ1v) is 10.5. The molecule has 0 aliphatic carbocycles. The minimum absolute atomic E-state index is 0. The molecule has 29 heavy (non-hydrogen) atoms. The lowest BCUT2D eigenvalue weighted by Gasteiger charge is -2.21. The second kappa shape index (κ2) is 13.8. The van der Waals surface area contributed by atoms with Crippen LogP contribution in [-0.4, -0.2) is 50.2 Å². The van der Waals surface area contributed by atoms with E-state index in [1.807, 2.05) is 26.1 Å². The highest BCUT2D eigenvalue weighted by Crippen LogP contribution is 2.20. The maximum atomic E-state index is 5.77. The number of unbranched alkanes of at least 4 members (excludes halogenated alkanes) is 1. The Labute approximate surface area is 195 Å². The molecule has 1 atom stereocenters. The lowest BCUT2D eigenvalue weighted by molar-refractivity contribution is 0.119. The second-order valence-electron chi connectivity index (χ2n) is 6.75. The van der Waals surface area contributed by atoms with Gasteiger partial charge in [-0.3, -0.25) is 4.99 Å². The fourth-order valence-electron chi connectivity index (χ4n) is 2.64. The Morgan fingerprint density at radius 1 is 1.28 bits per heavy atom. The van der Waals surface area contributed by atoms with E-state index in [9.17, 15) is 0 Å². The Balaban J connectivity index is 0.00000420. The normalized spacial score (nSPS) is 12.2. The smallest absolute Gasteiger partial charge is 0.193 e. The van der Waals surface area contributed by atoms with Gasteiger partial charge in [-0.2, -0.15) is 0 Å². The number of aliphatic imine (C=N–C) groups is 1. The Morgan fingerprint density at radius 2 is 2.00 bits per heavy atom. The van der Waals surface area contributed by atoms with Crippen LogP contribution in [0.4, 0.5) is 0 Å². The van der Waals surface area contributed by atoms with Gasteiger partial charge in [0.05, 0.1) is 18.8 Å². The van der Waals surface area contributed by atoms with E-state index >= 15 is 0 Å². The van der Waals surface area contributed by atoms with E-state index in [0.29, 0.717) is 6.54 Å². The van der Waals surface area contributed by atoms with Gasteiger partial charge in [0.1, 0.15) is 16.9 Å². The van der Waals surface area contributed by atoms with Crippen LogP contribution >= 0.6 is 35.3 Å². The zero-order chi connectivity index (χ0) is 20.4. The lowest BCUT2D eigenvalue weighted by Crippen LogP contribution is -2.39. The van der Waals surface area contributed by atoms with Crippen LogP contribution in [0.5, 0.6) is 5.75 Å². The predicted octanol–water partition coefficient (Wildman–Crippen LogP) is 4.64. The molecule has 0 saturated carbocycles. The summed E-state index contributed by atoms with van der Waals surface area (Å²) in [7, 11) is 5.53. The summed E-state index contributed by atoms with van der Waals surface area (Å²) in [4.78, 5) is 11.1. The molecule has 2 rings (SSSR count). The molecule has 0 aliphatic heterocycles. The fraction of sp³-hybridized carbons (Fsp3) is 0.524. The number of hydrogen-bond donors (Lipinski definition) is 1. The predicted molar refractivity (Wildman–Crippen MR) is 132 cm³/mol. The van der Waals surface area contributed by atoms with Crippen molar-refractivity contribution in [2.75, 3.05) is 34.4 Å². The van der Waals surface area contributed by atoms with E-state index in [1.165, 1.54) is 5.56 Å². The topological polar surface area (TPSA) is 59.0 Å². The van der Waals surface area contributed by atoms with Gasteiger partial charge in [0.25, 0.3) is 0 Å². The van der Waals surface area contributed by atoms with Crippen LogP contribution in [0.25, 0.3) is 0 Å². The molecule has 1 aromatic carbocycles. The van der Waals surface area contributed by atoms with Gasteiger partial charge in [0, 0.05) is 33.1 Å². The minimum Gasteiger partial charge on any atom is -0.494 e. The number of halogens is 1. The molecule has 6 nitrogen and oxygen atoms in total. The highest BCUT2D eigenvalue weighted by Gasteiger charge is 2.12. The number of methoxy groups -OCH3 is 1. The van der Waals surface area contributed by atoms with Crippen LogP contribution in [0.15, 0.2) is 34.6 Å². The van der Waals surface area contributed by atoms with Crippen molar-refractivity contribution in [2.45, 2.75) is 39.3 Å². The van der Waals surface area contributed by atoms with Crippen LogP contribution in [0.2, 0.25) is 0 Å². The molecular formula is C21H33IN4O2S. The van der Waals surface area contributed by atoms with E-state index in [1.54, 1.807) is 25.5 Å². The first kappa shape index (κ1) is 25.6. The zero-order valence-corrected chi connectivity index (χ0v) is 21.1. The Bertz CT molecular complexity index is 737. The molecule has 0 saturated heterocycles. The molecule has 0 fully saturated rings. The number of thiazole rings is 1. The molecule has 0 radical (unpaired) electrons. The fourth-order valence-corrected chi connectivity index (χ4v) is 3.48. The Kier molecular flexibility index (Phi) is 12.2. The molecule has 0 amide bonds. The number of aryl methyl sites for hydroxylation is 1. The number of guanidine groups is 1. The zero-order valence-electron chi connectivity index (χ0n) is 18.0. The first-order valence-electron chi connectivity index (χ1n) is 9.61. The first-order chi connectivity index (χ1) is 13.5. The summed E-state index contributed by atoms with van der Waals surface area (Å²) in [6.45, 7) is 6.38. The van der Waals surface area contributed by atoms with Crippen molar-refractivity contribution in [3.05, 3.63) is 45.9 Å². The van der Waals surface area contributed by atoms with Crippen molar-refractivity contribution in [3.63, 3.8) is 0 Å². The molecule has 1 N–H and O–H groups in total. The van der Waals surface area contributed by atoms with Crippen molar-refractivity contribution >= 4 is 41.3 Å². The van der Waals surface area contributed by atoms with Crippen LogP contribution in [0, 0.1) is 6.92 Å². The van der Waals surface area contributed by atoms with Gasteiger partial charge in [-0.15, -0.1) is 35.3 Å². The van der Waals surface area contributed by atoms with E-state index < -0.39 is 0 Å². The van der Waals surface area contributed by atoms with Gasteiger partial charge in [0.2, 0.25) is 0 Å². The Hall–Kier alpha value is -1.39. The van der Waals surface area contributed by atoms with Gasteiger partial charge in [-0.05, 0) is 38.8 Å². The number of hydrogen-bond acceptors (Lipinski definition) is 5. The third kappa shape index (κ3) is 8.88. The third-order valence-electron chi connectivity index (χ3n) is 4.39. The Morgan fingerprint density at radius 3 is 2.66 bits per heavy atom. The maximum Gasteiger partial charge on any atom is 0.193 e. The molecule has 2 aromatic rings. The third-order valence-corrected chi connectivity index (χ3v) is 5.44. The van der Waals surface area contributed by atoms with Gasteiger partial charge < -0.3 is 19.7 Å². The molecule has 1 aromatic heterocycles. The quantitative estimate of drug-likeness (QED) is 0.209. The number of rotatable bonds is 10. The molecule has 1 heterocycles. The summed E-state index contributed by atoms with van der Waals surface area (Å²) in [5.74, 6) is 1.80. The van der Waals surface area contributed by atoms with Crippen LogP contribution in [-0.2, 0) is 11.3 Å². The molecular weight excluding hydrogens is 499 g/mol. The number of aromatic nitrogens is 1. The second-order valence-corrected chi connectivity index (χ2v) is 7.64. The number of nitrogens with one attached hydrogen (secondary N) is 1. The number of benzene rings is 1. The molecule has 1 unspecified atom stereocenters. The number of nitrogens with zero attached hydrogens (tertiary/aromatic N) is 3. The molecule has 8 heteroatoms. The van der Waals surface area contributed by atoms with Crippen LogP contribution < -0.4 is 10.1 Å². The van der Waals surface area contributed by atoms with Crippen LogP contribution in [0.1, 0.15) is 42.1 Å². The van der Waals surface area contributed by atoms with E-state index in [4.69, 9.17) is 9.47 Å². The van der Waals surface area contributed by atoms with Gasteiger partial charge >= 0.3 is 0 Å². The standard InChI is InChI=1S/C21H32N4O2S.HI/c1-16-8-10-19(11-9-16)27-13-7-6-12-23-21(22-3)25(4)14-18-15-28-20(24-18)17(2)26-5;/h8-11,15,17H,6-7,12-14H2,1-5H3,(H,22,23);1H. The highest BCUT2D eigenvalue weighted by atomic mass is 127. The summed E-state index contributed by atoms with van der Waals surface area (Å²) < 4.78 is 11.1. The van der Waals surface area contributed by atoms with E-state index in [0.717, 1.165) is 48.4 Å². The SMILES string of the molecule is CN=C(NCCCCOc1ccc(C)cc1)N(C)Cc1csc(C(C)OC)n1.I. The minimum atomic E-state index is 0. The van der Waals surface area contributed by atoms with E-state index in [-0.39, 0.29) is 30.1 Å². The molecule has 0 aliphatic rings. The summed E-state index contributed by atoms with van der Waals surface area (Å²) in [6, 6.07) is 8.17. The molecule has 0 bridgehead atoms. The van der Waals surface area contributed by atoms with Gasteiger partial charge in [-0.25, -0.2) is 4.98 Å². The van der Waals surface area contributed by atoms with Crippen molar-refractivity contribution in [3.8, 4) is 5.75 Å². The number of ether oxygens (including phenoxy) is 2. The van der Waals surface area contributed by atoms with Crippen molar-refractivity contribution < 1.29 is 9.47 Å². The molecule has 0 spiro atoms. The lowest BCUT2D eigenvalue weighted by atomic mass is 10.2. The average molecular weight is 532 g/mol. The van der Waals surface area contributed by atoms with Crippen LogP contribution in [0.3, 0.4) is 0 Å². The highest BCUT2D eigenvalue weighted by molar-refractivity contribution is 14.0. The van der Waals surface area contributed by atoms with Gasteiger partial charge in [0.15, 0.2) is 5.96 Å². The molecule has 162 valence electrons. The summed E-state index contributed by atoms with van der Waals surface area (Å²) in [6.07, 6.45) is 2.04. The van der Waals surface area contributed by atoms with Gasteiger partial charge in [-0.1, -0.05) is 17.7 Å². The average Bonchev–Trinajstić information content (AvgIpc) is 3.16. The monoisotopic (exact) mass is 532 g/mol.